The van der Waals surface area contributed by atoms with E-state index in [4.69, 9.17) is 9.47 Å². The summed E-state index contributed by atoms with van der Waals surface area (Å²) in [6.45, 7) is 11.8. The monoisotopic (exact) mass is 421 g/mol. The summed E-state index contributed by atoms with van der Waals surface area (Å²) < 4.78 is 11.9. The number of aliphatic hydroxyl groups is 1. The number of likely N-dealkylation sites (N-methyl/N-ethyl adjacent to an activating group) is 1. The molecule has 0 aliphatic rings. The van der Waals surface area contributed by atoms with Crippen LogP contribution < -0.4 is 9.47 Å². The Hall–Kier alpha value is -2.56. The van der Waals surface area contributed by atoms with Crippen molar-refractivity contribution in [1.82, 2.24) is 4.90 Å². The molecule has 31 heavy (non-hydrogen) atoms. The lowest BCUT2D eigenvalue weighted by molar-refractivity contribution is 0.0282. The van der Waals surface area contributed by atoms with E-state index in [-0.39, 0.29) is 6.61 Å². The van der Waals surface area contributed by atoms with Gasteiger partial charge in [-0.05, 0) is 61.5 Å². The van der Waals surface area contributed by atoms with Gasteiger partial charge in [-0.1, -0.05) is 56.3 Å². The summed E-state index contributed by atoms with van der Waals surface area (Å²) in [5.74, 6) is 1.72. The van der Waals surface area contributed by atoms with Crippen LogP contribution in [0.4, 0.5) is 0 Å². The molecular formula is C27H35NO3. The minimum absolute atomic E-state index is 0.248. The fourth-order valence-electron chi connectivity index (χ4n) is 3.63. The first-order valence-corrected chi connectivity index (χ1v) is 11.2. The molecule has 4 heteroatoms. The maximum atomic E-state index is 10.1. The van der Waals surface area contributed by atoms with E-state index in [1.165, 1.54) is 16.3 Å². The number of rotatable bonds is 11. The van der Waals surface area contributed by atoms with Crippen LogP contribution in [0.1, 0.15) is 38.8 Å². The number of fused-ring (bicyclic) bond motifs is 1. The normalized spacial score (nSPS) is 11.8. The van der Waals surface area contributed by atoms with Crippen molar-refractivity contribution in [2.75, 3.05) is 32.8 Å². The van der Waals surface area contributed by atoms with E-state index in [9.17, 15) is 5.11 Å². The van der Waals surface area contributed by atoms with Gasteiger partial charge in [0.1, 0.15) is 24.7 Å². The zero-order valence-electron chi connectivity index (χ0n) is 19.2. The van der Waals surface area contributed by atoms with Crippen LogP contribution in [0, 0.1) is 0 Å². The van der Waals surface area contributed by atoms with Crippen LogP contribution in [-0.4, -0.2) is 48.5 Å². The third kappa shape index (κ3) is 6.71. The highest BCUT2D eigenvalue weighted by molar-refractivity contribution is 5.88. The molecule has 0 spiro atoms. The van der Waals surface area contributed by atoms with Crippen molar-refractivity contribution in [3.8, 4) is 11.5 Å². The zero-order valence-corrected chi connectivity index (χ0v) is 19.2. The molecule has 166 valence electrons. The van der Waals surface area contributed by atoms with Gasteiger partial charge in [0.25, 0.3) is 0 Å². The molecule has 3 rings (SSSR count). The van der Waals surface area contributed by atoms with E-state index in [0.29, 0.717) is 6.61 Å². The van der Waals surface area contributed by atoms with Gasteiger partial charge in [-0.15, -0.1) is 0 Å². The van der Waals surface area contributed by atoms with E-state index in [0.717, 1.165) is 43.1 Å². The summed E-state index contributed by atoms with van der Waals surface area (Å²) in [5, 5.41) is 12.5. The second-order valence-electron chi connectivity index (χ2n) is 8.56. The van der Waals surface area contributed by atoms with Gasteiger partial charge in [0.05, 0.1) is 5.60 Å². The highest BCUT2D eigenvalue weighted by Gasteiger charge is 2.16. The van der Waals surface area contributed by atoms with Crippen LogP contribution in [0.15, 0.2) is 60.7 Å². The number of benzene rings is 3. The molecule has 0 aliphatic heterocycles. The highest BCUT2D eigenvalue weighted by Crippen LogP contribution is 2.31. The van der Waals surface area contributed by atoms with Gasteiger partial charge in [-0.3, -0.25) is 0 Å². The molecule has 0 aromatic heterocycles. The molecular weight excluding hydrogens is 386 g/mol. The standard InChI is InChI=1S/C27H35NO3/c1-5-28(6-2)17-18-30-23-14-11-21(12-15-23)19-25-24-10-8-7-9-22(24)13-16-26(25)31-20-27(3,4)29/h7-16,29H,5-6,17-20H2,1-4H3. The predicted molar refractivity (Wildman–Crippen MR) is 128 cm³/mol. The average Bonchev–Trinajstić information content (AvgIpc) is 2.76. The second kappa shape index (κ2) is 10.7. The average molecular weight is 422 g/mol. The Balaban J connectivity index is 1.75. The number of hydrogen-bond acceptors (Lipinski definition) is 4. The van der Waals surface area contributed by atoms with Gasteiger partial charge in [0.2, 0.25) is 0 Å². The Bertz CT molecular complexity index is 956. The van der Waals surface area contributed by atoms with Crippen LogP contribution in [0.25, 0.3) is 10.8 Å². The number of nitrogens with zero attached hydrogens (tertiary/aromatic N) is 1. The summed E-state index contributed by atoms with van der Waals surface area (Å²) in [7, 11) is 0. The first-order chi connectivity index (χ1) is 14.9. The van der Waals surface area contributed by atoms with Crippen molar-refractivity contribution in [2.45, 2.75) is 39.7 Å². The van der Waals surface area contributed by atoms with Gasteiger partial charge in [0.15, 0.2) is 0 Å². The van der Waals surface area contributed by atoms with Crippen LogP contribution in [0.3, 0.4) is 0 Å². The summed E-state index contributed by atoms with van der Waals surface area (Å²) in [6, 6.07) is 20.8. The molecule has 0 saturated heterocycles. The molecule has 0 aliphatic carbocycles. The maximum absolute atomic E-state index is 10.1. The molecule has 0 saturated carbocycles. The van der Waals surface area contributed by atoms with E-state index >= 15 is 0 Å². The first kappa shape index (κ1) is 23.1. The van der Waals surface area contributed by atoms with Crippen LogP contribution in [0.5, 0.6) is 11.5 Å². The zero-order chi connectivity index (χ0) is 22.3. The van der Waals surface area contributed by atoms with Crippen molar-refractivity contribution in [1.29, 1.82) is 0 Å². The fourth-order valence-corrected chi connectivity index (χ4v) is 3.63. The van der Waals surface area contributed by atoms with E-state index in [1.807, 2.05) is 24.3 Å². The third-order valence-corrected chi connectivity index (χ3v) is 5.45. The van der Waals surface area contributed by atoms with Gasteiger partial charge < -0.3 is 19.5 Å². The summed E-state index contributed by atoms with van der Waals surface area (Å²) in [5.41, 5.74) is 1.45. The molecule has 0 radical (unpaired) electrons. The molecule has 0 bridgehead atoms. The van der Waals surface area contributed by atoms with Crippen molar-refractivity contribution >= 4 is 10.8 Å². The molecule has 4 nitrogen and oxygen atoms in total. The topological polar surface area (TPSA) is 41.9 Å². The lowest BCUT2D eigenvalue weighted by Gasteiger charge is -2.20. The van der Waals surface area contributed by atoms with Crippen molar-refractivity contribution in [2.24, 2.45) is 0 Å². The number of ether oxygens (including phenoxy) is 2. The summed E-state index contributed by atoms with van der Waals surface area (Å²) >= 11 is 0. The second-order valence-corrected chi connectivity index (χ2v) is 8.56. The Morgan fingerprint density at radius 1 is 0.871 bits per heavy atom. The van der Waals surface area contributed by atoms with Crippen molar-refractivity contribution in [3.63, 3.8) is 0 Å². The molecule has 0 heterocycles. The lowest BCUT2D eigenvalue weighted by atomic mass is 9.97. The summed E-state index contributed by atoms with van der Waals surface area (Å²) in [4.78, 5) is 2.35. The quantitative estimate of drug-likeness (QED) is 0.456. The van der Waals surface area contributed by atoms with Crippen LogP contribution >= 0.6 is 0 Å². The first-order valence-electron chi connectivity index (χ1n) is 11.2. The molecule has 0 unspecified atom stereocenters. The largest absolute Gasteiger partial charge is 0.492 e. The summed E-state index contributed by atoms with van der Waals surface area (Å²) in [6.07, 6.45) is 0.752. The Morgan fingerprint density at radius 2 is 1.58 bits per heavy atom. The van der Waals surface area contributed by atoms with Gasteiger partial charge in [-0.2, -0.15) is 0 Å². The van der Waals surface area contributed by atoms with Crippen molar-refractivity contribution in [3.05, 3.63) is 71.8 Å². The van der Waals surface area contributed by atoms with Gasteiger partial charge in [-0.25, -0.2) is 0 Å². The van der Waals surface area contributed by atoms with E-state index in [2.05, 4.69) is 55.1 Å². The van der Waals surface area contributed by atoms with Crippen molar-refractivity contribution < 1.29 is 14.6 Å². The fraction of sp³-hybridized carbons (Fsp3) is 0.407. The molecule has 0 amide bonds. The number of hydrogen-bond donors (Lipinski definition) is 1. The Labute approximate surface area is 186 Å². The predicted octanol–water partition coefficient (Wildman–Crippen LogP) is 5.30. The Morgan fingerprint density at radius 3 is 2.26 bits per heavy atom. The molecule has 0 atom stereocenters. The SMILES string of the molecule is CCN(CC)CCOc1ccc(Cc2c(OCC(C)(C)O)ccc3ccccc23)cc1. The molecule has 3 aromatic carbocycles. The van der Waals surface area contributed by atoms with Crippen LogP contribution in [0.2, 0.25) is 0 Å². The minimum atomic E-state index is -0.882. The Kier molecular flexibility index (Phi) is 7.94. The molecule has 3 aromatic rings. The van der Waals surface area contributed by atoms with Crippen LogP contribution in [-0.2, 0) is 6.42 Å². The molecule has 1 N–H and O–H groups in total. The lowest BCUT2D eigenvalue weighted by Crippen LogP contribution is -2.28. The smallest absolute Gasteiger partial charge is 0.123 e. The van der Waals surface area contributed by atoms with Gasteiger partial charge >= 0.3 is 0 Å². The minimum Gasteiger partial charge on any atom is -0.492 e. The van der Waals surface area contributed by atoms with Gasteiger partial charge in [0, 0.05) is 18.5 Å². The van der Waals surface area contributed by atoms with E-state index in [1.54, 1.807) is 13.8 Å². The highest BCUT2D eigenvalue weighted by atomic mass is 16.5. The maximum Gasteiger partial charge on any atom is 0.123 e. The molecule has 0 fully saturated rings. The van der Waals surface area contributed by atoms with E-state index < -0.39 is 5.60 Å². The third-order valence-electron chi connectivity index (χ3n) is 5.45.